The summed E-state index contributed by atoms with van der Waals surface area (Å²) in [6.07, 6.45) is 4.81. The number of amides is 1. The first-order valence-corrected chi connectivity index (χ1v) is 7.72. The summed E-state index contributed by atoms with van der Waals surface area (Å²) >= 11 is 0. The first-order valence-electron chi connectivity index (χ1n) is 7.72. The fraction of sp³-hybridized carbons (Fsp3) is 0.933. The van der Waals surface area contributed by atoms with E-state index in [9.17, 15) is 4.79 Å². The fourth-order valence-corrected chi connectivity index (χ4v) is 3.17. The van der Waals surface area contributed by atoms with Crippen LogP contribution in [0.3, 0.4) is 0 Å². The van der Waals surface area contributed by atoms with Crippen LogP contribution in [0.5, 0.6) is 0 Å². The van der Waals surface area contributed by atoms with Crippen molar-refractivity contribution in [3.05, 3.63) is 0 Å². The van der Waals surface area contributed by atoms with Crippen molar-refractivity contribution < 1.29 is 4.79 Å². The minimum atomic E-state index is 0.0800. The largest absolute Gasteiger partial charge is 0.352 e. The van der Waals surface area contributed by atoms with Crippen LogP contribution in [0.15, 0.2) is 0 Å². The lowest BCUT2D eigenvalue weighted by atomic mass is 9.87. The predicted octanol–water partition coefficient (Wildman–Crippen LogP) is 1.37. The molecule has 1 saturated carbocycles. The molecule has 1 aliphatic carbocycles. The van der Waals surface area contributed by atoms with Crippen LogP contribution < -0.4 is 10.6 Å². The third kappa shape index (κ3) is 4.18. The first kappa shape index (κ1) is 14.8. The molecule has 4 nitrogen and oxygen atoms in total. The summed E-state index contributed by atoms with van der Waals surface area (Å²) in [5.41, 5.74) is 0.0800. The Labute approximate surface area is 117 Å². The van der Waals surface area contributed by atoms with E-state index in [4.69, 9.17) is 0 Å². The molecule has 0 bridgehead atoms. The van der Waals surface area contributed by atoms with E-state index in [1.807, 2.05) is 0 Å². The van der Waals surface area contributed by atoms with Crippen LogP contribution in [0, 0.1) is 5.92 Å². The average Bonchev–Trinajstić information content (AvgIpc) is 2.35. The summed E-state index contributed by atoms with van der Waals surface area (Å²) in [5.74, 6) is 1.04. The van der Waals surface area contributed by atoms with Gasteiger partial charge < -0.3 is 10.6 Å². The molecule has 110 valence electrons. The molecule has 1 heterocycles. The normalized spacial score (nSPS) is 31.9. The Hall–Kier alpha value is -0.610. The quantitative estimate of drug-likeness (QED) is 0.811. The second kappa shape index (κ2) is 6.23. The summed E-state index contributed by atoms with van der Waals surface area (Å²) in [7, 11) is 0. The Morgan fingerprint density at radius 2 is 2.00 bits per heavy atom. The van der Waals surface area contributed by atoms with Gasteiger partial charge in [0.1, 0.15) is 0 Å². The molecule has 19 heavy (non-hydrogen) atoms. The minimum absolute atomic E-state index is 0.0800. The molecule has 2 fully saturated rings. The standard InChI is InChI=1S/C15H29N3O/c1-12-4-6-13(7-5-12)17-14(19)10-18-9-8-16-11-15(18,2)3/h12-13,16H,4-11H2,1-3H3,(H,17,19). The molecule has 0 spiro atoms. The van der Waals surface area contributed by atoms with Gasteiger partial charge in [0.2, 0.25) is 5.91 Å². The van der Waals surface area contributed by atoms with Crippen molar-refractivity contribution in [3.63, 3.8) is 0 Å². The van der Waals surface area contributed by atoms with Gasteiger partial charge in [-0.25, -0.2) is 0 Å². The van der Waals surface area contributed by atoms with Gasteiger partial charge in [-0.15, -0.1) is 0 Å². The lowest BCUT2D eigenvalue weighted by molar-refractivity contribution is -0.125. The molecular weight excluding hydrogens is 238 g/mol. The van der Waals surface area contributed by atoms with E-state index in [2.05, 4.69) is 36.3 Å². The lowest BCUT2D eigenvalue weighted by Crippen LogP contribution is -2.60. The molecule has 1 amide bonds. The zero-order valence-electron chi connectivity index (χ0n) is 12.7. The molecular formula is C15H29N3O. The van der Waals surface area contributed by atoms with Gasteiger partial charge in [0.05, 0.1) is 6.54 Å². The van der Waals surface area contributed by atoms with Gasteiger partial charge in [-0.05, 0) is 45.4 Å². The second-order valence-electron chi connectivity index (χ2n) is 6.94. The van der Waals surface area contributed by atoms with Crippen LogP contribution in [0.25, 0.3) is 0 Å². The Morgan fingerprint density at radius 3 is 2.63 bits per heavy atom. The molecule has 4 heteroatoms. The average molecular weight is 267 g/mol. The Bertz CT molecular complexity index is 309. The van der Waals surface area contributed by atoms with Gasteiger partial charge >= 0.3 is 0 Å². The zero-order valence-corrected chi connectivity index (χ0v) is 12.7. The number of carbonyl (C=O) groups excluding carboxylic acids is 1. The second-order valence-corrected chi connectivity index (χ2v) is 6.94. The van der Waals surface area contributed by atoms with Gasteiger partial charge in [0.15, 0.2) is 0 Å². The first-order chi connectivity index (χ1) is 8.97. The van der Waals surface area contributed by atoms with Crippen LogP contribution in [0.2, 0.25) is 0 Å². The number of hydrogen-bond acceptors (Lipinski definition) is 3. The molecule has 0 atom stereocenters. The van der Waals surface area contributed by atoms with Crippen molar-refractivity contribution in [3.8, 4) is 0 Å². The zero-order chi connectivity index (χ0) is 13.9. The highest BCUT2D eigenvalue weighted by molar-refractivity contribution is 5.78. The highest BCUT2D eigenvalue weighted by atomic mass is 16.2. The maximum atomic E-state index is 12.2. The maximum absolute atomic E-state index is 12.2. The van der Waals surface area contributed by atoms with Crippen LogP contribution in [0.1, 0.15) is 46.5 Å². The van der Waals surface area contributed by atoms with Crippen molar-refractivity contribution in [2.45, 2.75) is 58.0 Å². The van der Waals surface area contributed by atoms with E-state index in [1.54, 1.807) is 0 Å². The third-order valence-corrected chi connectivity index (χ3v) is 4.69. The van der Waals surface area contributed by atoms with E-state index in [1.165, 1.54) is 12.8 Å². The van der Waals surface area contributed by atoms with Gasteiger partial charge in [-0.1, -0.05) is 6.92 Å². The minimum Gasteiger partial charge on any atom is -0.352 e. The van der Waals surface area contributed by atoms with Crippen molar-refractivity contribution in [1.82, 2.24) is 15.5 Å². The Kier molecular flexibility index (Phi) is 4.85. The number of rotatable bonds is 3. The summed E-state index contributed by atoms with van der Waals surface area (Å²) in [6.45, 7) is 10.2. The van der Waals surface area contributed by atoms with E-state index in [-0.39, 0.29) is 11.4 Å². The molecule has 2 aliphatic rings. The predicted molar refractivity (Wildman–Crippen MR) is 78.1 cm³/mol. The molecule has 0 aromatic rings. The topological polar surface area (TPSA) is 44.4 Å². The van der Waals surface area contributed by atoms with E-state index < -0.39 is 0 Å². The summed E-state index contributed by atoms with van der Waals surface area (Å²) < 4.78 is 0. The van der Waals surface area contributed by atoms with E-state index in [0.29, 0.717) is 12.6 Å². The Balaban J connectivity index is 1.77. The van der Waals surface area contributed by atoms with Crippen LogP contribution >= 0.6 is 0 Å². The number of hydrogen-bond donors (Lipinski definition) is 2. The Morgan fingerprint density at radius 1 is 1.32 bits per heavy atom. The monoisotopic (exact) mass is 267 g/mol. The van der Waals surface area contributed by atoms with Crippen molar-refractivity contribution >= 4 is 5.91 Å². The lowest BCUT2D eigenvalue weighted by Gasteiger charge is -2.42. The number of nitrogens with zero attached hydrogens (tertiary/aromatic N) is 1. The fourth-order valence-electron chi connectivity index (χ4n) is 3.17. The van der Waals surface area contributed by atoms with Gasteiger partial charge in [0, 0.05) is 31.2 Å². The third-order valence-electron chi connectivity index (χ3n) is 4.69. The molecule has 2 rings (SSSR count). The highest BCUT2D eigenvalue weighted by Crippen LogP contribution is 2.23. The molecule has 0 unspecified atom stereocenters. The van der Waals surface area contributed by atoms with Crippen LogP contribution in [-0.2, 0) is 4.79 Å². The summed E-state index contributed by atoms with van der Waals surface area (Å²) in [5, 5.41) is 6.61. The molecule has 1 saturated heterocycles. The molecule has 0 aromatic heterocycles. The number of carbonyl (C=O) groups is 1. The van der Waals surface area contributed by atoms with E-state index >= 15 is 0 Å². The maximum Gasteiger partial charge on any atom is 0.234 e. The van der Waals surface area contributed by atoms with E-state index in [0.717, 1.165) is 38.4 Å². The SMILES string of the molecule is CC1CCC(NC(=O)CN2CCNCC2(C)C)CC1. The highest BCUT2D eigenvalue weighted by Gasteiger charge is 2.31. The summed E-state index contributed by atoms with van der Waals surface area (Å²) in [6, 6.07) is 0.412. The van der Waals surface area contributed by atoms with Gasteiger partial charge in [-0.2, -0.15) is 0 Å². The van der Waals surface area contributed by atoms with Gasteiger partial charge in [0.25, 0.3) is 0 Å². The van der Waals surface area contributed by atoms with Crippen LogP contribution in [-0.4, -0.2) is 48.6 Å². The smallest absolute Gasteiger partial charge is 0.234 e. The van der Waals surface area contributed by atoms with Crippen molar-refractivity contribution in [1.29, 1.82) is 0 Å². The molecule has 2 N–H and O–H groups in total. The molecule has 0 aromatic carbocycles. The molecule has 0 radical (unpaired) electrons. The van der Waals surface area contributed by atoms with Gasteiger partial charge in [-0.3, -0.25) is 9.69 Å². The van der Waals surface area contributed by atoms with Crippen molar-refractivity contribution in [2.75, 3.05) is 26.2 Å². The molecule has 1 aliphatic heterocycles. The van der Waals surface area contributed by atoms with Crippen LogP contribution in [0.4, 0.5) is 0 Å². The summed E-state index contributed by atoms with van der Waals surface area (Å²) in [4.78, 5) is 14.5. The number of piperazine rings is 1. The number of nitrogens with one attached hydrogen (secondary N) is 2. The van der Waals surface area contributed by atoms with Crippen molar-refractivity contribution in [2.24, 2.45) is 5.92 Å².